The maximum Gasteiger partial charge on any atom is 0.293 e. The van der Waals surface area contributed by atoms with Gasteiger partial charge in [0.05, 0.1) is 23.6 Å². The molecule has 0 bridgehead atoms. The Labute approximate surface area is 142 Å². The Hall–Kier alpha value is -3.11. The van der Waals surface area contributed by atoms with Crippen LogP contribution in [0.3, 0.4) is 0 Å². The average Bonchev–Trinajstić information content (AvgIpc) is 3.22. The van der Waals surface area contributed by atoms with Crippen molar-refractivity contribution in [2.75, 3.05) is 5.32 Å². The largest absolute Gasteiger partial charge is 0.489 e. The highest BCUT2D eigenvalue weighted by Gasteiger charge is 2.17. The highest BCUT2D eigenvalue weighted by Crippen LogP contribution is 2.20. The van der Waals surface area contributed by atoms with Crippen molar-refractivity contribution in [2.24, 2.45) is 0 Å². The monoisotopic (exact) mass is 339 g/mol. The van der Waals surface area contributed by atoms with Gasteiger partial charge in [-0.2, -0.15) is 5.26 Å². The van der Waals surface area contributed by atoms with E-state index in [4.69, 9.17) is 14.4 Å². The van der Waals surface area contributed by atoms with Crippen LogP contribution in [0.4, 0.5) is 5.13 Å². The number of hydrogen-bond acceptors (Lipinski definition) is 6. The summed E-state index contributed by atoms with van der Waals surface area (Å²) in [4.78, 5) is 16.5. The van der Waals surface area contributed by atoms with Crippen LogP contribution in [0.5, 0.6) is 5.75 Å². The van der Waals surface area contributed by atoms with Crippen LogP contribution in [0.1, 0.15) is 27.4 Å². The van der Waals surface area contributed by atoms with Crippen molar-refractivity contribution in [3.05, 3.63) is 64.6 Å². The van der Waals surface area contributed by atoms with Crippen LogP contribution in [0.15, 0.2) is 46.4 Å². The van der Waals surface area contributed by atoms with Gasteiger partial charge in [-0.3, -0.25) is 10.1 Å². The van der Waals surface area contributed by atoms with Crippen molar-refractivity contribution in [3.8, 4) is 11.8 Å². The Morgan fingerprint density at radius 3 is 3.08 bits per heavy atom. The van der Waals surface area contributed by atoms with Crippen LogP contribution in [0.2, 0.25) is 0 Å². The molecule has 0 radical (unpaired) electrons. The maximum atomic E-state index is 12.3. The lowest BCUT2D eigenvalue weighted by atomic mass is 10.2. The molecule has 0 atom stereocenters. The molecule has 3 aromatic rings. The molecule has 0 aliphatic carbocycles. The van der Waals surface area contributed by atoms with Crippen molar-refractivity contribution in [2.45, 2.75) is 13.5 Å². The predicted molar refractivity (Wildman–Crippen MR) is 89.0 cm³/mol. The van der Waals surface area contributed by atoms with E-state index in [1.807, 2.05) is 12.3 Å². The second-order valence-corrected chi connectivity index (χ2v) is 5.81. The van der Waals surface area contributed by atoms with E-state index in [-0.39, 0.29) is 18.3 Å². The summed E-state index contributed by atoms with van der Waals surface area (Å²) in [5, 5.41) is 14.0. The SMILES string of the molecule is Cc1csc(NC(=O)c2occc2COc2cccc(C#N)c2)n1. The predicted octanol–water partition coefficient (Wildman–Crippen LogP) is 3.75. The smallest absolute Gasteiger partial charge is 0.293 e. The molecule has 0 aliphatic heterocycles. The summed E-state index contributed by atoms with van der Waals surface area (Å²) in [5.74, 6) is 0.357. The molecule has 3 rings (SSSR count). The summed E-state index contributed by atoms with van der Waals surface area (Å²) in [6.45, 7) is 2.01. The molecule has 2 heterocycles. The number of carbonyl (C=O) groups is 1. The summed E-state index contributed by atoms with van der Waals surface area (Å²) in [6.07, 6.45) is 1.44. The Bertz CT molecular complexity index is 908. The minimum atomic E-state index is -0.376. The van der Waals surface area contributed by atoms with Crippen molar-refractivity contribution >= 4 is 22.4 Å². The van der Waals surface area contributed by atoms with Crippen molar-refractivity contribution in [1.29, 1.82) is 5.26 Å². The van der Waals surface area contributed by atoms with E-state index >= 15 is 0 Å². The van der Waals surface area contributed by atoms with Gasteiger partial charge in [-0.25, -0.2) is 4.98 Å². The van der Waals surface area contributed by atoms with Crippen molar-refractivity contribution in [3.63, 3.8) is 0 Å². The molecule has 0 aliphatic rings. The number of benzene rings is 1. The first-order chi connectivity index (χ1) is 11.7. The normalized spacial score (nSPS) is 10.2. The molecule has 0 unspecified atom stereocenters. The molecule has 0 fully saturated rings. The van der Waals surface area contributed by atoms with Crippen LogP contribution in [0, 0.1) is 18.3 Å². The summed E-state index contributed by atoms with van der Waals surface area (Å²) in [7, 11) is 0. The van der Waals surface area contributed by atoms with E-state index in [9.17, 15) is 4.79 Å². The number of aromatic nitrogens is 1. The molecule has 1 aromatic carbocycles. The zero-order valence-corrected chi connectivity index (χ0v) is 13.6. The first kappa shape index (κ1) is 15.8. The number of amides is 1. The van der Waals surface area contributed by atoms with Crippen LogP contribution < -0.4 is 10.1 Å². The van der Waals surface area contributed by atoms with E-state index in [0.717, 1.165) is 5.69 Å². The van der Waals surface area contributed by atoms with Crippen molar-refractivity contribution in [1.82, 2.24) is 4.98 Å². The molecule has 7 heteroatoms. The van der Waals surface area contributed by atoms with Crippen LogP contribution in [-0.4, -0.2) is 10.9 Å². The molecule has 0 saturated carbocycles. The van der Waals surface area contributed by atoms with Crippen LogP contribution in [-0.2, 0) is 6.61 Å². The number of rotatable bonds is 5. The summed E-state index contributed by atoms with van der Waals surface area (Å²) in [6, 6.07) is 10.5. The Morgan fingerprint density at radius 2 is 2.33 bits per heavy atom. The highest BCUT2D eigenvalue weighted by molar-refractivity contribution is 7.13. The number of nitrogens with one attached hydrogen (secondary N) is 1. The minimum Gasteiger partial charge on any atom is -0.489 e. The Balaban J connectivity index is 1.68. The van der Waals surface area contributed by atoms with Gasteiger partial charge in [-0.05, 0) is 31.2 Å². The molecular formula is C17H13N3O3S. The number of thiazole rings is 1. The van der Waals surface area contributed by atoms with Gasteiger partial charge in [-0.15, -0.1) is 11.3 Å². The fourth-order valence-corrected chi connectivity index (χ4v) is 2.71. The van der Waals surface area contributed by atoms with Crippen LogP contribution >= 0.6 is 11.3 Å². The molecule has 1 N–H and O–H groups in total. The highest BCUT2D eigenvalue weighted by atomic mass is 32.1. The lowest BCUT2D eigenvalue weighted by Crippen LogP contribution is -2.13. The number of nitrogens with zero attached hydrogens (tertiary/aromatic N) is 2. The maximum absolute atomic E-state index is 12.3. The van der Waals surface area contributed by atoms with Gasteiger partial charge in [0.2, 0.25) is 0 Å². The quantitative estimate of drug-likeness (QED) is 0.765. The summed E-state index contributed by atoms with van der Waals surface area (Å²) < 4.78 is 10.9. The molecule has 24 heavy (non-hydrogen) atoms. The lowest BCUT2D eigenvalue weighted by molar-refractivity contribution is 0.0993. The first-order valence-electron chi connectivity index (χ1n) is 7.08. The van der Waals surface area contributed by atoms with E-state index in [1.54, 1.807) is 30.3 Å². The van der Waals surface area contributed by atoms with Gasteiger partial charge in [0.1, 0.15) is 12.4 Å². The number of hydrogen-bond donors (Lipinski definition) is 1. The first-order valence-corrected chi connectivity index (χ1v) is 7.96. The number of anilines is 1. The van der Waals surface area contributed by atoms with Crippen molar-refractivity contribution < 1.29 is 13.9 Å². The van der Waals surface area contributed by atoms with Gasteiger partial charge in [0, 0.05) is 10.9 Å². The van der Waals surface area contributed by atoms with Gasteiger partial charge in [0.15, 0.2) is 10.9 Å². The second-order valence-electron chi connectivity index (χ2n) is 4.95. The summed E-state index contributed by atoms with van der Waals surface area (Å²) >= 11 is 1.35. The molecule has 6 nitrogen and oxygen atoms in total. The molecule has 2 aromatic heterocycles. The Kier molecular flexibility index (Phi) is 4.59. The molecule has 0 spiro atoms. The van der Waals surface area contributed by atoms with E-state index < -0.39 is 0 Å². The third-order valence-electron chi connectivity index (χ3n) is 3.15. The van der Waals surface area contributed by atoms with Gasteiger partial charge in [-0.1, -0.05) is 6.07 Å². The third-order valence-corrected chi connectivity index (χ3v) is 4.03. The van der Waals surface area contributed by atoms with E-state index in [0.29, 0.717) is 22.0 Å². The zero-order valence-electron chi connectivity index (χ0n) is 12.8. The molecule has 0 saturated heterocycles. The number of carbonyl (C=O) groups excluding carboxylic acids is 1. The number of nitriles is 1. The fraction of sp³-hybridized carbons (Fsp3) is 0.118. The lowest BCUT2D eigenvalue weighted by Gasteiger charge is -2.06. The standard InChI is InChI=1S/C17H13N3O3S/c1-11-10-24-17(19-11)20-16(21)15-13(5-6-22-15)9-23-14-4-2-3-12(7-14)8-18/h2-7,10H,9H2,1H3,(H,19,20,21). The number of aryl methyl sites for hydroxylation is 1. The molecule has 1 amide bonds. The average molecular weight is 339 g/mol. The van der Waals surface area contributed by atoms with Gasteiger partial charge < -0.3 is 9.15 Å². The third kappa shape index (κ3) is 3.62. The van der Waals surface area contributed by atoms with E-state index in [2.05, 4.69) is 16.4 Å². The number of furan rings is 1. The number of ether oxygens (including phenoxy) is 1. The fourth-order valence-electron chi connectivity index (χ4n) is 2.03. The summed E-state index contributed by atoms with van der Waals surface area (Å²) in [5.41, 5.74) is 1.97. The minimum absolute atomic E-state index is 0.158. The Morgan fingerprint density at radius 1 is 1.46 bits per heavy atom. The molecular weight excluding hydrogens is 326 g/mol. The van der Waals surface area contributed by atoms with Gasteiger partial charge in [0.25, 0.3) is 5.91 Å². The zero-order chi connectivity index (χ0) is 16.9. The molecule has 120 valence electrons. The topological polar surface area (TPSA) is 88.1 Å². The van der Waals surface area contributed by atoms with E-state index in [1.165, 1.54) is 17.6 Å². The van der Waals surface area contributed by atoms with Crippen LogP contribution in [0.25, 0.3) is 0 Å². The second kappa shape index (κ2) is 6.98. The van der Waals surface area contributed by atoms with Gasteiger partial charge >= 0.3 is 0 Å².